The van der Waals surface area contributed by atoms with Gasteiger partial charge in [0.1, 0.15) is 0 Å². The van der Waals surface area contributed by atoms with Gasteiger partial charge in [-0.1, -0.05) is 0 Å². The highest BCUT2D eigenvalue weighted by molar-refractivity contribution is 9.10. The maximum absolute atomic E-state index is 12.4. The van der Waals surface area contributed by atoms with Crippen LogP contribution in [0.2, 0.25) is 0 Å². The minimum Gasteiger partial charge on any atom is -0.493 e. The number of pyridine rings is 1. The lowest BCUT2D eigenvalue weighted by Gasteiger charge is -2.14. The van der Waals surface area contributed by atoms with Crippen molar-refractivity contribution in [3.05, 3.63) is 50.9 Å². The third kappa shape index (κ3) is 5.50. The van der Waals surface area contributed by atoms with E-state index in [0.717, 1.165) is 17.3 Å². The van der Waals surface area contributed by atoms with Crippen molar-refractivity contribution in [2.24, 2.45) is 0 Å². The fourth-order valence-corrected chi connectivity index (χ4v) is 2.98. The Balaban J connectivity index is 1.90. The predicted octanol–water partition coefficient (Wildman–Crippen LogP) is 2.85. The zero-order chi connectivity index (χ0) is 19.8. The first-order valence-corrected chi connectivity index (χ1v) is 9.23. The number of aromatic nitrogens is 1. The average molecular weight is 439 g/mol. The number of ether oxygens (including phenoxy) is 3. The fourth-order valence-electron chi connectivity index (χ4n) is 2.60. The Bertz CT molecular complexity index is 825. The van der Waals surface area contributed by atoms with Gasteiger partial charge in [-0.25, -0.2) is 0 Å². The zero-order valence-electron chi connectivity index (χ0n) is 15.6. The molecule has 1 aromatic carbocycles. The van der Waals surface area contributed by atoms with Crippen LogP contribution >= 0.6 is 15.9 Å². The zero-order valence-corrected chi connectivity index (χ0v) is 17.2. The Morgan fingerprint density at radius 1 is 1.07 bits per heavy atom. The monoisotopic (exact) mass is 438 g/mol. The number of carbonyl (C=O) groups is 1. The number of amides is 1. The van der Waals surface area contributed by atoms with E-state index in [9.17, 15) is 9.59 Å². The maximum Gasteiger partial charge on any atom is 0.251 e. The van der Waals surface area contributed by atoms with Gasteiger partial charge in [-0.2, -0.15) is 0 Å². The maximum atomic E-state index is 12.4. The molecular weight excluding hydrogens is 416 g/mol. The number of nitrogens with zero attached hydrogens (tertiary/aromatic N) is 1. The molecule has 0 aliphatic rings. The van der Waals surface area contributed by atoms with E-state index >= 15 is 0 Å². The quantitative estimate of drug-likeness (QED) is 0.608. The van der Waals surface area contributed by atoms with Gasteiger partial charge in [0.2, 0.25) is 5.75 Å². The van der Waals surface area contributed by atoms with Crippen molar-refractivity contribution in [3.8, 4) is 17.2 Å². The summed E-state index contributed by atoms with van der Waals surface area (Å²) < 4.78 is 18.3. The van der Waals surface area contributed by atoms with Crippen molar-refractivity contribution < 1.29 is 19.0 Å². The smallest absolute Gasteiger partial charge is 0.251 e. The molecule has 0 unspecified atom stereocenters. The summed E-state index contributed by atoms with van der Waals surface area (Å²) in [6.07, 6.45) is 3.28. The van der Waals surface area contributed by atoms with Gasteiger partial charge in [0.25, 0.3) is 11.5 Å². The minimum absolute atomic E-state index is 0.0420. The van der Waals surface area contributed by atoms with E-state index in [1.807, 2.05) is 0 Å². The Hall–Kier alpha value is -2.48. The summed E-state index contributed by atoms with van der Waals surface area (Å²) in [5, 5.41) is 2.86. The Kier molecular flexibility index (Phi) is 7.72. The number of aryl methyl sites for hydroxylation is 1. The molecule has 1 N–H and O–H groups in total. The number of carbonyl (C=O) groups excluding carboxylic acids is 1. The predicted molar refractivity (Wildman–Crippen MR) is 106 cm³/mol. The van der Waals surface area contributed by atoms with Crippen LogP contribution in [0.15, 0.2) is 39.7 Å². The molecule has 8 heteroatoms. The van der Waals surface area contributed by atoms with Crippen LogP contribution < -0.4 is 25.1 Å². The highest BCUT2D eigenvalue weighted by Crippen LogP contribution is 2.38. The number of hydrogen-bond acceptors (Lipinski definition) is 5. The van der Waals surface area contributed by atoms with Gasteiger partial charge < -0.3 is 24.1 Å². The molecule has 2 aromatic rings. The lowest BCUT2D eigenvalue weighted by atomic mass is 10.1. The van der Waals surface area contributed by atoms with E-state index in [0.29, 0.717) is 35.9 Å². The molecule has 0 radical (unpaired) electrons. The molecule has 2 rings (SSSR count). The highest BCUT2D eigenvalue weighted by Gasteiger charge is 2.16. The van der Waals surface area contributed by atoms with Crippen LogP contribution in [0.4, 0.5) is 0 Å². The number of halogens is 1. The largest absolute Gasteiger partial charge is 0.493 e. The third-order valence-corrected chi connectivity index (χ3v) is 4.45. The summed E-state index contributed by atoms with van der Waals surface area (Å²) in [6, 6.07) is 6.46. The lowest BCUT2D eigenvalue weighted by Crippen LogP contribution is -2.25. The first-order valence-electron chi connectivity index (χ1n) is 8.44. The van der Waals surface area contributed by atoms with Gasteiger partial charge in [0, 0.05) is 35.4 Å². The van der Waals surface area contributed by atoms with Gasteiger partial charge in [0.15, 0.2) is 11.5 Å². The summed E-state index contributed by atoms with van der Waals surface area (Å²) in [4.78, 5) is 24.1. The SMILES string of the molecule is COc1cc(C(=O)NCCCCn2cc(Br)ccc2=O)cc(OC)c1OC. The first-order chi connectivity index (χ1) is 13.0. The number of rotatable bonds is 9. The summed E-state index contributed by atoms with van der Waals surface area (Å²) in [5.74, 6) is 1.07. The minimum atomic E-state index is -0.228. The van der Waals surface area contributed by atoms with Crippen molar-refractivity contribution in [1.29, 1.82) is 0 Å². The Morgan fingerprint density at radius 3 is 2.33 bits per heavy atom. The van der Waals surface area contributed by atoms with E-state index in [2.05, 4.69) is 21.2 Å². The molecule has 0 bridgehead atoms. The molecule has 0 spiro atoms. The molecule has 27 heavy (non-hydrogen) atoms. The van der Waals surface area contributed by atoms with E-state index in [-0.39, 0.29) is 11.5 Å². The number of unbranched alkanes of at least 4 members (excludes halogenated alkanes) is 1. The van der Waals surface area contributed by atoms with Crippen molar-refractivity contribution in [3.63, 3.8) is 0 Å². The Morgan fingerprint density at radius 2 is 1.74 bits per heavy atom. The van der Waals surface area contributed by atoms with Crippen LogP contribution in [0.1, 0.15) is 23.2 Å². The second kappa shape index (κ2) is 10.0. The molecule has 1 heterocycles. The third-order valence-electron chi connectivity index (χ3n) is 3.99. The molecule has 0 atom stereocenters. The van der Waals surface area contributed by atoms with Crippen LogP contribution in [0.25, 0.3) is 0 Å². The number of nitrogens with one attached hydrogen (secondary N) is 1. The first kappa shape index (κ1) is 20.8. The average Bonchev–Trinajstić information content (AvgIpc) is 2.68. The standard InChI is InChI=1S/C19H23BrN2O5/c1-25-15-10-13(11-16(26-2)18(15)27-3)19(24)21-8-4-5-9-22-12-14(20)6-7-17(22)23/h6-7,10-12H,4-5,8-9H2,1-3H3,(H,21,24). The van der Waals surface area contributed by atoms with Crippen LogP contribution in [0, 0.1) is 0 Å². The summed E-state index contributed by atoms with van der Waals surface area (Å²) in [5.41, 5.74) is 0.382. The van der Waals surface area contributed by atoms with E-state index in [1.54, 1.807) is 29.0 Å². The molecule has 0 aliphatic heterocycles. The topological polar surface area (TPSA) is 78.8 Å². The van der Waals surface area contributed by atoms with Crippen molar-refractivity contribution in [2.75, 3.05) is 27.9 Å². The molecular formula is C19H23BrN2O5. The van der Waals surface area contributed by atoms with E-state index in [4.69, 9.17) is 14.2 Å². The van der Waals surface area contributed by atoms with Crippen LogP contribution in [-0.4, -0.2) is 38.3 Å². The van der Waals surface area contributed by atoms with E-state index < -0.39 is 0 Å². The second-order valence-corrected chi connectivity index (χ2v) is 6.67. The fraction of sp³-hybridized carbons (Fsp3) is 0.368. The highest BCUT2D eigenvalue weighted by atomic mass is 79.9. The van der Waals surface area contributed by atoms with Crippen molar-refractivity contribution in [2.45, 2.75) is 19.4 Å². The molecule has 1 amide bonds. The molecule has 7 nitrogen and oxygen atoms in total. The molecule has 0 fully saturated rings. The second-order valence-electron chi connectivity index (χ2n) is 5.76. The van der Waals surface area contributed by atoms with E-state index in [1.165, 1.54) is 27.4 Å². The van der Waals surface area contributed by atoms with Crippen LogP contribution in [0.5, 0.6) is 17.2 Å². The molecule has 0 saturated heterocycles. The number of benzene rings is 1. The van der Waals surface area contributed by atoms with Crippen molar-refractivity contribution in [1.82, 2.24) is 9.88 Å². The summed E-state index contributed by atoms with van der Waals surface area (Å²) in [7, 11) is 4.52. The summed E-state index contributed by atoms with van der Waals surface area (Å²) in [6.45, 7) is 1.09. The number of methoxy groups -OCH3 is 3. The van der Waals surface area contributed by atoms with Gasteiger partial charge in [-0.05, 0) is 47.0 Å². The van der Waals surface area contributed by atoms with Crippen molar-refractivity contribution >= 4 is 21.8 Å². The summed E-state index contributed by atoms with van der Waals surface area (Å²) >= 11 is 3.35. The van der Waals surface area contributed by atoms with Gasteiger partial charge in [-0.3, -0.25) is 9.59 Å². The van der Waals surface area contributed by atoms with Crippen LogP contribution in [-0.2, 0) is 6.54 Å². The lowest BCUT2D eigenvalue weighted by molar-refractivity contribution is 0.0952. The van der Waals surface area contributed by atoms with Crippen LogP contribution in [0.3, 0.4) is 0 Å². The molecule has 0 aliphatic carbocycles. The van der Waals surface area contributed by atoms with Gasteiger partial charge in [0.05, 0.1) is 21.3 Å². The molecule has 0 saturated carbocycles. The number of hydrogen-bond donors (Lipinski definition) is 1. The normalized spacial score (nSPS) is 10.4. The molecule has 146 valence electrons. The van der Waals surface area contributed by atoms with Gasteiger partial charge >= 0.3 is 0 Å². The van der Waals surface area contributed by atoms with Gasteiger partial charge in [-0.15, -0.1) is 0 Å². The Labute approximate surface area is 166 Å². The molecule has 1 aromatic heterocycles.